The van der Waals surface area contributed by atoms with Gasteiger partial charge in [-0.3, -0.25) is 0 Å². The summed E-state index contributed by atoms with van der Waals surface area (Å²) < 4.78 is 5.29. The van der Waals surface area contributed by atoms with Crippen molar-refractivity contribution >= 4 is 5.90 Å². The summed E-state index contributed by atoms with van der Waals surface area (Å²) in [4.78, 5) is 4.25. The fraction of sp³-hybridized carbons (Fsp3) is 0.444. The van der Waals surface area contributed by atoms with Crippen LogP contribution in [0.15, 0.2) is 29.8 Å². The standard InChI is InChI=1S/C9H13NO/c1-4-7(3)9-10-8(5-2)6-11-9/h5,8H,2-4,6H2,1H3. The summed E-state index contributed by atoms with van der Waals surface area (Å²) in [5.41, 5.74) is 0.967. The highest BCUT2D eigenvalue weighted by atomic mass is 16.5. The highest BCUT2D eigenvalue weighted by Gasteiger charge is 2.16. The maximum atomic E-state index is 5.29. The topological polar surface area (TPSA) is 21.6 Å². The molecular formula is C9H13NO. The summed E-state index contributed by atoms with van der Waals surface area (Å²) in [5.74, 6) is 0.706. The molecule has 0 aromatic rings. The third kappa shape index (κ3) is 1.70. The van der Waals surface area contributed by atoms with E-state index in [1.54, 1.807) is 6.08 Å². The van der Waals surface area contributed by atoms with Gasteiger partial charge >= 0.3 is 0 Å². The molecule has 0 amide bonds. The summed E-state index contributed by atoms with van der Waals surface area (Å²) in [7, 11) is 0. The monoisotopic (exact) mass is 151 g/mol. The first-order valence-corrected chi connectivity index (χ1v) is 3.79. The number of ether oxygens (including phenoxy) is 1. The Bertz CT molecular complexity index is 206. The number of hydrogen-bond acceptors (Lipinski definition) is 2. The van der Waals surface area contributed by atoms with Gasteiger partial charge < -0.3 is 4.74 Å². The molecule has 0 N–H and O–H groups in total. The maximum Gasteiger partial charge on any atom is 0.212 e. The van der Waals surface area contributed by atoms with Gasteiger partial charge in [-0.15, -0.1) is 6.58 Å². The molecule has 2 heteroatoms. The molecule has 0 spiro atoms. The van der Waals surface area contributed by atoms with Gasteiger partial charge in [0, 0.05) is 5.57 Å². The van der Waals surface area contributed by atoms with Crippen molar-refractivity contribution < 1.29 is 4.74 Å². The van der Waals surface area contributed by atoms with Gasteiger partial charge in [0.15, 0.2) is 0 Å². The van der Waals surface area contributed by atoms with E-state index < -0.39 is 0 Å². The van der Waals surface area contributed by atoms with Crippen molar-refractivity contribution in [1.29, 1.82) is 0 Å². The van der Waals surface area contributed by atoms with Crippen molar-refractivity contribution in [3.8, 4) is 0 Å². The summed E-state index contributed by atoms with van der Waals surface area (Å²) in [6.45, 7) is 10.1. The van der Waals surface area contributed by atoms with Crippen LogP contribution in [0.25, 0.3) is 0 Å². The second-order valence-electron chi connectivity index (χ2n) is 2.51. The van der Waals surface area contributed by atoms with Gasteiger partial charge in [-0.1, -0.05) is 19.6 Å². The minimum Gasteiger partial charge on any atom is -0.475 e. The molecule has 60 valence electrons. The van der Waals surface area contributed by atoms with Crippen molar-refractivity contribution in [1.82, 2.24) is 0 Å². The molecule has 0 aliphatic carbocycles. The van der Waals surface area contributed by atoms with Crippen LogP contribution in [0.1, 0.15) is 13.3 Å². The number of nitrogens with zero attached hydrogens (tertiary/aromatic N) is 1. The molecule has 0 bridgehead atoms. The van der Waals surface area contributed by atoms with E-state index in [4.69, 9.17) is 4.74 Å². The van der Waals surface area contributed by atoms with Crippen LogP contribution in [-0.4, -0.2) is 18.5 Å². The Morgan fingerprint density at radius 2 is 2.64 bits per heavy atom. The quantitative estimate of drug-likeness (QED) is 0.565. The molecule has 0 saturated heterocycles. The van der Waals surface area contributed by atoms with Crippen molar-refractivity contribution in [2.45, 2.75) is 19.4 Å². The molecule has 1 aliphatic rings. The van der Waals surface area contributed by atoms with Crippen LogP contribution in [0, 0.1) is 0 Å². The van der Waals surface area contributed by atoms with E-state index in [1.165, 1.54) is 0 Å². The van der Waals surface area contributed by atoms with E-state index in [-0.39, 0.29) is 6.04 Å². The van der Waals surface area contributed by atoms with E-state index in [9.17, 15) is 0 Å². The van der Waals surface area contributed by atoms with Gasteiger partial charge in [-0.25, -0.2) is 4.99 Å². The third-order valence-electron chi connectivity index (χ3n) is 1.68. The summed E-state index contributed by atoms with van der Waals surface area (Å²) in [5, 5.41) is 0. The van der Waals surface area contributed by atoms with Crippen LogP contribution in [0.4, 0.5) is 0 Å². The van der Waals surface area contributed by atoms with E-state index in [0.29, 0.717) is 12.5 Å². The SMILES string of the molecule is C=CC1COC(C(=C)CC)=N1. The summed E-state index contributed by atoms with van der Waals surface area (Å²) in [6, 6.07) is 0.133. The summed E-state index contributed by atoms with van der Waals surface area (Å²) >= 11 is 0. The Labute approximate surface area is 67.3 Å². The average molecular weight is 151 g/mol. The zero-order valence-electron chi connectivity index (χ0n) is 6.84. The first kappa shape index (κ1) is 8.05. The predicted molar refractivity (Wildman–Crippen MR) is 46.8 cm³/mol. The molecule has 0 radical (unpaired) electrons. The minimum atomic E-state index is 0.133. The summed E-state index contributed by atoms with van der Waals surface area (Å²) in [6.07, 6.45) is 2.68. The highest BCUT2D eigenvalue weighted by molar-refractivity contribution is 5.93. The minimum absolute atomic E-state index is 0.133. The van der Waals surface area contributed by atoms with E-state index in [1.807, 2.05) is 6.92 Å². The first-order valence-electron chi connectivity index (χ1n) is 3.79. The molecule has 0 aromatic carbocycles. The van der Waals surface area contributed by atoms with Gasteiger partial charge in [0.05, 0.1) is 0 Å². The van der Waals surface area contributed by atoms with Crippen molar-refractivity contribution in [2.75, 3.05) is 6.61 Å². The van der Waals surface area contributed by atoms with Gasteiger partial charge in [0.2, 0.25) is 5.90 Å². The molecule has 1 aliphatic heterocycles. The van der Waals surface area contributed by atoms with Gasteiger partial charge in [0.25, 0.3) is 0 Å². The average Bonchev–Trinajstić information content (AvgIpc) is 2.50. The Hall–Kier alpha value is -1.05. The van der Waals surface area contributed by atoms with Gasteiger partial charge in [-0.05, 0) is 6.42 Å². The maximum absolute atomic E-state index is 5.29. The molecule has 1 unspecified atom stereocenters. The van der Waals surface area contributed by atoms with Gasteiger partial charge in [0.1, 0.15) is 12.6 Å². The van der Waals surface area contributed by atoms with Crippen molar-refractivity contribution in [2.24, 2.45) is 4.99 Å². The molecule has 11 heavy (non-hydrogen) atoms. The van der Waals surface area contributed by atoms with Crippen LogP contribution >= 0.6 is 0 Å². The van der Waals surface area contributed by atoms with E-state index in [0.717, 1.165) is 12.0 Å². The molecule has 1 rings (SSSR count). The Morgan fingerprint density at radius 1 is 1.91 bits per heavy atom. The van der Waals surface area contributed by atoms with Crippen LogP contribution in [0.3, 0.4) is 0 Å². The van der Waals surface area contributed by atoms with Crippen molar-refractivity contribution in [3.05, 3.63) is 24.8 Å². The zero-order chi connectivity index (χ0) is 8.27. The van der Waals surface area contributed by atoms with Crippen LogP contribution in [0.2, 0.25) is 0 Å². The molecule has 0 fully saturated rings. The number of rotatable bonds is 3. The molecular weight excluding hydrogens is 138 g/mol. The smallest absolute Gasteiger partial charge is 0.212 e. The molecule has 2 nitrogen and oxygen atoms in total. The zero-order valence-corrected chi connectivity index (χ0v) is 6.84. The molecule has 1 heterocycles. The second-order valence-corrected chi connectivity index (χ2v) is 2.51. The molecule has 0 saturated carbocycles. The Balaban J connectivity index is 2.61. The molecule has 0 aromatic heterocycles. The van der Waals surface area contributed by atoms with Crippen LogP contribution in [-0.2, 0) is 4.74 Å². The van der Waals surface area contributed by atoms with Crippen molar-refractivity contribution in [3.63, 3.8) is 0 Å². The fourth-order valence-electron chi connectivity index (χ4n) is 0.855. The van der Waals surface area contributed by atoms with Crippen LogP contribution in [0.5, 0.6) is 0 Å². The predicted octanol–water partition coefficient (Wildman–Crippen LogP) is 1.94. The second kappa shape index (κ2) is 3.37. The lowest BCUT2D eigenvalue weighted by Crippen LogP contribution is -2.02. The first-order chi connectivity index (χ1) is 5.27. The normalized spacial score (nSPS) is 22.3. The van der Waals surface area contributed by atoms with E-state index >= 15 is 0 Å². The lowest BCUT2D eigenvalue weighted by molar-refractivity contribution is 0.331. The Kier molecular flexibility index (Phi) is 2.47. The van der Waals surface area contributed by atoms with Crippen LogP contribution < -0.4 is 0 Å². The van der Waals surface area contributed by atoms with Gasteiger partial charge in [-0.2, -0.15) is 0 Å². The third-order valence-corrected chi connectivity index (χ3v) is 1.68. The lowest BCUT2D eigenvalue weighted by Gasteiger charge is -1.99. The Morgan fingerprint density at radius 3 is 3.09 bits per heavy atom. The number of hydrogen-bond donors (Lipinski definition) is 0. The lowest BCUT2D eigenvalue weighted by atomic mass is 10.2. The largest absolute Gasteiger partial charge is 0.475 e. The molecule has 1 atom stereocenters. The fourth-order valence-corrected chi connectivity index (χ4v) is 0.855. The number of aliphatic imine (C=N–C) groups is 1. The highest BCUT2D eigenvalue weighted by Crippen LogP contribution is 2.12. The van der Waals surface area contributed by atoms with E-state index in [2.05, 4.69) is 18.2 Å².